The molecule has 2 N–H and O–H groups in total. The van der Waals surface area contributed by atoms with E-state index < -0.39 is 0 Å². The van der Waals surface area contributed by atoms with Crippen LogP contribution < -0.4 is 10.6 Å². The van der Waals surface area contributed by atoms with Crippen molar-refractivity contribution >= 4 is 17.5 Å². The Morgan fingerprint density at radius 3 is 2.74 bits per heavy atom. The molecule has 0 radical (unpaired) electrons. The van der Waals surface area contributed by atoms with Gasteiger partial charge in [0.05, 0.1) is 0 Å². The Balaban J connectivity index is 1.73. The number of amides is 2. The van der Waals surface area contributed by atoms with Crippen LogP contribution in [0.1, 0.15) is 35.7 Å². The second kappa shape index (κ2) is 8.68. The number of carbonyl (C=O) groups excluding carboxylic acids is 2. The highest BCUT2D eigenvalue weighted by Gasteiger charge is 2.06. The van der Waals surface area contributed by atoms with E-state index in [1.165, 1.54) is 12.5 Å². The smallest absolute Gasteiger partial charge is 0.251 e. The summed E-state index contributed by atoms with van der Waals surface area (Å²) in [6.45, 7) is 2.07. The number of aryl methyl sites for hydroxylation is 1. The fourth-order valence-corrected chi connectivity index (χ4v) is 2.25. The van der Waals surface area contributed by atoms with E-state index in [1.807, 2.05) is 12.3 Å². The van der Waals surface area contributed by atoms with E-state index in [-0.39, 0.29) is 11.8 Å². The molecule has 0 aliphatic carbocycles. The number of hydrogen-bond acceptors (Lipinski definition) is 3. The van der Waals surface area contributed by atoms with Crippen LogP contribution in [0, 0.1) is 0 Å². The number of carbonyl (C=O) groups is 2. The zero-order valence-electron chi connectivity index (χ0n) is 13.2. The Kier molecular flexibility index (Phi) is 6.29. The van der Waals surface area contributed by atoms with E-state index in [4.69, 9.17) is 0 Å². The second-order valence-electron chi connectivity index (χ2n) is 5.34. The minimum Gasteiger partial charge on any atom is -0.352 e. The average Bonchev–Trinajstić information content (AvgIpc) is 2.55. The summed E-state index contributed by atoms with van der Waals surface area (Å²) in [4.78, 5) is 27.2. The lowest BCUT2D eigenvalue weighted by Crippen LogP contribution is -2.24. The largest absolute Gasteiger partial charge is 0.352 e. The molecule has 0 atom stereocenters. The van der Waals surface area contributed by atoms with E-state index in [2.05, 4.69) is 21.7 Å². The third kappa shape index (κ3) is 5.90. The van der Waals surface area contributed by atoms with Gasteiger partial charge in [0.25, 0.3) is 5.91 Å². The van der Waals surface area contributed by atoms with Crippen LogP contribution in [0.5, 0.6) is 0 Å². The monoisotopic (exact) mass is 311 g/mol. The lowest BCUT2D eigenvalue weighted by Gasteiger charge is -2.07. The van der Waals surface area contributed by atoms with Gasteiger partial charge in [-0.1, -0.05) is 12.1 Å². The van der Waals surface area contributed by atoms with Gasteiger partial charge in [0.2, 0.25) is 5.91 Å². The summed E-state index contributed by atoms with van der Waals surface area (Å²) in [5, 5.41) is 5.57. The number of nitrogens with one attached hydrogen (secondary N) is 2. The fraction of sp³-hybridized carbons (Fsp3) is 0.278. The maximum absolute atomic E-state index is 12.1. The molecule has 1 aromatic heterocycles. The Bertz CT molecular complexity index is 656. The third-order valence-corrected chi connectivity index (χ3v) is 3.35. The molecule has 5 heteroatoms. The molecule has 120 valence electrons. The highest BCUT2D eigenvalue weighted by Crippen LogP contribution is 2.10. The zero-order valence-corrected chi connectivity index (χ0v) is 13.2. The highest BCUT2D eigenvalue weighted by molar-refractivity contribution is 5.96. The molecule has 0 spiro atoms. The molecule has 0 saturated carbocycles. The summed E-state index contributed by atoms with van der Waals surface area (Å²) >= 11 is 0. The van der Waals surface area contributed by atoms with E-state index in [1.54, 1.807) is 30.5 Å². The van der Waals surface area contributed by atoms with Crippen LogP contribution in [0.4, 0.5) is 5.69 Å². The first-order valence-corrected chi connectivity index (χ1v) is 7.70. The van der Waals surface area contributed by atoms with E-state index in [9.17, 15) is 9.59 Å². The Morgan fingerprint density at radius 1 is 1.13 bits per heavy atom. The van der Waals surface area contributed by atoms with E-state index in [0.29, 0.717) is 17.8 Å². The number of nitrogens with zero attached hydrogens (tertiary/aromatic N) is 1. The van der Waals surface area contributed by atoms with Gasteiger partial charge in [-0.15, -0.1) is 0 Å². The van der Waals surface area contributed by atoms with E-state index >= 15 is 0 Å². The van der Waals surface area contributed by atoms with Gasteiger partial charge >= 0.3 is 0 Å². The second-order valence-corrected chi connectivity index (χ2v) is 5.34. The molecule has 2 rings (SSSR count). The number of rotatable bonds is 7. The first-order chi connectivity index (χ1) is 11.1. The molecule has 5 nitrogen and oxygen atoms in total. The predicted molar refractivity (Wildman–Crippen MR) is 90.3 cm³/mol. The van der Waals surface area contributed by atoms with Crippen LogP contribution in [-0.4, -0.2) is 23.3 Å². The summed E-state index contributed by atoms with van der Waals surface area (Å²) in [5.41, 5.74) is 2.38. The van der Waals surface area contributed by atoms with Crippen molar-refractivity contribution in [3.05, 3.63) is 59.9 Å². The molecular weight excluding hydrogens is 290 g/mol. The summed E-state index contributed by atoms with van der Waals surface area (Å²) in [7, 11) is 0. The topological polar surface area (TPSA) is 71.1 Å². The van der Waals surface area contributed by atoms with Crippen LogP contribution in [0.3, 0.4) is 0 Å². The summed E-state index contributed by atoms with van der Waals surface area (Å²) in [5.74, 6) is -0.281. The standard InChI is InChI=1S/C18H21N3O2/c1-14(22)21-17-9-4-8-16(12-17)18(23)20-11-3-2-6-15-7-5-10-19-13-15/h4-5,7-10,12-13H,2-3,6,11H2,1H3,(H,20,23)(H,21,22). The van der Waals surface area contributed by atoms with Gasteiger partial charge in [-0.3, -0.25) is 14.6 Å². The minimum atomic E-state index is -0.155. The molecular formula is C18H21N3O2. The molecule has 0 unspecified atom stereocenters. The van der Waals surface area contributed by atoms with Crippen molar-refractivity contribution in [1.29, 1.82) is 0 Å². The number of benzene rings is 1. The number of pyridine rings is 1. The van der Waals surface area contributed by atoms with Crippen molar-refractivity contribution in [2.75, 3.05) is 11.9 Å². The molecule has 0 aliphatic heterocycles. The lowest BCUT2D eigenvalue weighted by molar-refractivity contribution is -0.114. The van der Waals surface area contributed by atoms with Crippen molar-refractivity contribution in [2.24, 2.45) is 0 Å². The van der Waals surface area contributed by atoms with Gasteiger partial charge < -0.3 is 10.6 Å². The summed E-state index contributed by atoms with van der Waals surface area (Å²) in [6, 6.07) is 10.9. The summed E-state index contributed by atoms with van der Waals surface area (Å²) < 4.78 is 0. The molecule has 0 aliphatic rings. The number of unbranched alkanes of at least 4 members (excludes halogenated alkanes) is 1. The average molecular weight is 311 g/mol. The van der Waals surface area contributed by atoms with Crippen LogP contribution in [-0.2, 0) is 11.2 Å². The Morgan fingerprint density at radius 2 is 2.00 bits per heavy atom. The van der Waals surface area contributed by atoms with Gasteiger partial charge in [0.1, 0.15) is 0 Å². The minimum absolute atomic E-state index is 0.126. The van der Waals surface area contributed by atoms with Gasteiger partial charge in [-0.05, 0) is 49.1 Å². The Labute approximate surface area is 136 Å². The molecule has 1 aromatic carbocycles. The summed E-state index contributed by atoms with van der Waals surface area (Å²) in [6.07, 6.45) is 6.50. The number of hydrogen-bond donors (Lipinski definition) is 2. The van der Waals surface area contributed by atoms with Crippen molar-refractivity contribution in [3.8, 4) is 0 Å². The first-order valence-electron chi connectivity index (χ1n) is 7.70. The van der Waals surface area contributed by atoms with Gasteiger partial charge in [0, 0.05) is 37.1 Å². The van der Waals surface area contributed by atoms with Crippen LogP contribution in [0.15, 0.2) is 48.8 Å². The van der Waals surface area contributed by atoms with Gasteiger partial charge in [-0.2, -0.15) is 0 Å². The van der Waals surface area contributed by atoms with Crippen LogP contribution >= 0.6 is 0 Å². The van der Waals surface area contributed by atoms with E-state index in [0.717, 1.165) is 19.3 Å². The van der Waals surface area contributed by atoms with Gasteiger partial charge in [-0.25, -0.2) is 0 Å². The molecule has 23 heavy (non-hydrogen) atoms. The molecule has 0 bridgehead atoms. The van der Waals surface area contributed by atoms with Gasteiger partial charge in [0.15, 0.2) is 0 Å². The van der Waals surface area contributed by atoms with Crippen molar-refractivity contribution in [1.82, 2.24) is 10.3 Å². The lowest BCUT2D eigenvalue weighted by atomic mass is 10.1. The zero-order chi connectivity index (χ0) is 16.5. The predicted octanol–water partition coefficient (Wildman–Crippen LogP) is 2.79. The van der Waals surface area contributed by atoms with Crippen molar-refractivity contribution < 1.29 is 9.59 Å². The Hall–Kier alpha value is -2.69. The maximum Gasteiger partial charge on any atom is 0.251 e. The van der Waals surface area contributed by atoms with Crippen molar-refractivity contribution in [3.63, 3.8) is 0 Å². The molecule has 2 amide bonds. The highest BCUT2D eigenvalue weighted by atomic mass is 16.2. The number of anilines is 1. The molecule has 1 heterocycles. The maximum atomic E-state index is 12.1. The molecule has 0 saturated heterocycles. The van der Waals surface area contributed by atoms with Crippen LogP contribution in [0.2, 0.25) is 0 Å². The third-order valence-electron chi connectivity index (χ3n) is 3.35. The van der Waals surface area contributed by atoms with Crippen molar-refractivity contribution in [2.45, 2.75) is 26.2 Å². The normalized spacial score (nSPS) is 10.1. The fourth-order valence-electron chi connectivity index (χ4n) is 2.25. The number of aromatic nitrogens is 1. The molecule has 0 fully saturated rings. The molecule has 2 aromatic rings. The SMILES string of the molecule is CC(=O)Nc1cccc(C(=O)NCCCCc2cccnc2)c1. The quantitative estimate of drug-likeness (QED) is 0.772. The first kappa shape index (κ1) is 16.7. The van der Waals surface area contributed by atoms with Crippen LogP contribution in [0.25, 0.3) is 0 Å².